The Balaban J connectivity index is 2.16. The molecular formula is C9H19NO3S. The zero-order valence-electron chi connectivity index (χ0n) is 8.61. The summed E-state index contributed by atoms with van der Waals surface area (Å²) < 4.78 is 27.7. The van der Waals surface area contributed by atoms with E-state index in [9.17, 15) is 8.42 Å². The summed E-state index contributed by atoms with van der Waals surface area (Å²) in [6.45, 7) is 1.97. The van der Waals surface area contributed by atoms with Gasteiger partial charge in [0.25, 0.3) is 0 Å². The SMILES string of the molecule is CCS(=O)(=O)CCOC1CCC(N)C1. The van der Waals surface area contributed by atoms with Crippen LogP contribution in [0.3, 0.4) is 0 Å². The number of hydrogen-bond donors (Lipinski definition) is 1. The van der Waals surface area contributed by atoms with Crippen LogP contribution in [0, 0.1) is 0 Å². The molecular weight excluding hydrogens is 202 g/mol. The minimum absolute atomic E-state index is 0.134. The van der Waals surface area contributed by atoms with Gasteiger partial charge in [-0.25, -0.2) is 8.42 Å². The van der Waals surface area contributed by atoms with Crippen LogP contribution in [0.15, 0.2) is 0 Å². The molecule has 1 rings (SSSR count). The van der Waals surface area contributed by atoms with Crippen molar-refractivity contribution >= 4 is 9.84 Å². The molecule has 4 nitrogen and oxygen atoms in total. The van der Waals surface area contributed by atoms with Crippen molar-refractivity contribution in [1.82, 2.24) is 0 Å². The van der Waals surface area contributed by atoms with Crippen LogP contribution in [0.2, 0.25) is 0 Å². The van der Waals surface area contributed by atoms with E-state index in [1.807, 2.05) is 0 Å². The van der Waals surface area contributed by atoms with Gasteiger partial charge >= 0.3 is 0 Å². The highest BCUT2D eigenvalue weighted by molar-refractivity contribution is 7.91. The third-order valence-electron chi connectivity index (χ3n) is 2.61. The van der Waals surface area contributed by atoms with E-state index in [1.54, 1.807) is 6.92 Å². The van der Waals surface area contributed by atoms with Crippen molar-refractivity contribution in [2.45, 2.75) is 38.3 Å². The van der Waals surface area contributed by atoms with Crippen molar-refractivity contribution in [3.8, 4) is 0 Å². The summed E-state index contributed by atoms with van der Waals surface area (Å²) in [7, 11) is -2.88. The fourth-order valence-corrected chi connectivity index (χ4v) is 2.25. The minimum atomic E-state index is -2.88. The summed E-state index contributed by atoms with van der Waals surface area (Å²) >= 11 is 0. The second-order valence-electron chi connectivity index (χ2n) is 3.80. The van der Waals surface area contributed by atoms with Gasteiger partial charge in [-0.1, -0.05) is 6.92 Å². The van der Waals surface area contributed by atoms with Crippen molar-refractivity contribution in [1.29, 1.82) is 0 Å². The normalized spacial score (nSPS) is 28.1. The first-order valence-electron chi connectivity index (χ1n) is 5.11. The molecule has 1 saturated carbocycles. The summed E-state index contributed by atoms with van der Waals surface area (Å²) in [5, 5.41) is 0. The molecule has 84 valence electrons. The van der Waals surface area contributed by atoms with Crippen LogP contribution >= 0.6 is 0 Å². The number of nitrogens with two attached hydrogens (primary N) is 1. The van der Waals surface area contributed by atoms with Gasteiger partial charge < -0.3 is 10.5 Å². The molecule has 1 fully saturated rings. The molecule has 1 aliphatic carbocycles. The van der Waals surface area contributed by atoms with Crippen molar-refractivity contribution < 1.29 is 13.2 Å². The van der Waals surface area contributed by atoms with E-state index in [-0.39, 0.29) is 23.7 Å². The van der Waals surface area contributed by atoms with Gasteiger partial charge in [0, 0.05) is 11.8 Å². The monoisotopic (exact) mass is 221 g/mol. The number of hydrogen-bond acceptors (Lipinski definition) is 4. The maximum Gasteiger partial charge on any atom is 0.152 e. The second-order valence-corrected chi connectivity index (χ2v) is 6.28. The van der Waals surface area contributed by atoms with E-state index in [1.165, 1.54) is 0 Å². The molecule has 0 amide bonds. The highest BCUT2D eigenvalue weighted by Gasteiger charge is 2.22. The lowest BCUT2D eigenvalue weighted by molar-refractivity contribution is 0.0688. The molecule has 5 heteroatoms. The highest BCUT2D eigenvalue weighted by Crippen LogP contribution is 2.20. The first kappa shape index (κ1) is 11.9. The van der Waals surface area contributed by atoms with E-state index in [0.29, 0.717) is 6.61 Å². The summed E-state index contributed by atoms with van der Waals surface area (Å²) in [6, 6.07) is 0.239. The van der Waals surface area contributed by atoms with E-state index >= 15 is 0 Å². The molecule has 14 heavy (non-hydrogen) atoms. The standard InChI is InChI=1S/C9H19NO3S/c1-2-14(11,12)6-5-13-9-4-3-8(10)7-9/h8-9H,2-7,10H2,1H3. The van der Waals surface area contributed by atoms with Gasteiger partial charge in [0.05, 0.1) is 18.5 Å². The van der Waals surface area contributed by atoms with Gasteiger partial charge in [0.15, 0.2) is 9.84 Å². The van der Waals surface area contributed by atoms with Crippen LogP contribution in [-0.4, -0.2) is 38.7 Å². The Morgan fingerprint density at radius 3 is 2.64 bits per heavy atom. The van der Waals surface area contributed by atoms with Crippen molar-refractivity contribution in [3.63, 3.8) is 0 Å². The van der Waals surface area contributed by atoms with Crippen LogP contribution in [0.25, 0.3) is 0 Å². The Hall–Kier alpha value is -0.130. The van der Waals surface area contributed by atoms with E-state index in [0.717, 1.165) is 19.3 Å². The highest BCUT2D eigenvalue weighted by atomic mass is 32.2. The number of rotatable bonds is 5. The predicted molar refractivity (Wildman–Crippen MR) is 55.9 cm³/mol. The summed E-state index contributed by atoms with van der Waals surface area (Å²) in [5.41, 5.74) is 5.71. The predicted octanol–water partition coefficient (Wildman–Crippen LogP) is 0.318. The third-order valence-corrected chi connectivity index (χ3v) is 4.28. The van der Waals surface area contributed by atoms with Crippen molar-refractivity contribution in [2.24, 2.45) is 5.73 Å². The quantitative estimate of drug-likeness (QED) is 0.725. The van der Waals surface area contributed by atoms with Crippen LogP contribution < -0.4 is 5.73 Å². The Bertz CT molecular complexity index is 263. The first-order valence-corrected chi connectivity index (χ1v) is 6.93. The van der Waals surface area contributed by atoms with Crippen molar-refractivity contribution in [2.75, 3.05) is 18.1 Å². The van der Waals surface area contributed by atoms with Crippen LogP contribution in [0.5, 0.6) is 0 Å². The fraction of sp³-hybridized carbons (Fsp3) is 1.00. The second kappa shape index (κ2) is 5.09. The Morgan fingerprint density at radius 1 is 1.43 bits per heavy atom. The molecule has 0 heterocycles. The minimum Gasteiger partial charge on any atom is -0.377 e. The average Bonchev–Trinajstić information content (AvgIpc) is 2.51. The van der Waals surface area contributed by atoms with E-state index in [4.69, 9.17) is 10.5 Å². The molecule has 0 bridgehead atoms. The van der Waals surface area contributed by atoms with Gasteiger partial charge in [-0.05, 0) is 19.3 Å². The van der Waals surface area contributed by atoms with Gasteiger partial charge in [-0.3, -0.25) is 0 Å². The lowest BCUT2D eigenvalue weighted by atomic mass is 10.3. The van der Waals surface area contributed by atoms with Gasteiger partial charge in [0.1, 0.15) is 0 Å². The fourth-order valence-electron chi connectivity index (χ4n) is 1.61. The molecule has 2 unspecified atom stereocenters. The maximum absolute atomic E-state index is 11.1. The molecule has 1 aliphatic rings. The van der Waals surface area contributed by atoms with Crippen LogP contribution in [-0.2, 0) is 14.6 Å². The largest absolute Gasteiger partial charge is 0.377 e. The molecule has 0 aliphatic heterocycles. The lowest BCUT2D eigenvalue weighted by Gasteiger charge is -2.10. The molecule has 2 atom stereocenters. The maximum atomic E-state index is 11.1. The first-order chi connectivity index (χ1) is 6.53. The Kier molecular flexibility index (Phi) is 4.34. The average molecular weight is 221 g/mol. The zero-order valence-corrected chi connectivity index (χ0v) is 9.42. The number of sulfone groups is 1. The Labute approximate surface area is 85.7 Å². The summed E-state index contributed by atoms with van der Waals surface area (Å²) in [4.78, 5) is 0. The van der Waals surface area contributed by atoms with E-state index < -0.39 is 9.84 Å². The molecule has 0 aromatic carbocycles. The third kappa shape index (κ3) is 3.94. The molecule has 0 spiro atoms. The molecule has 0 aromatic heterocycles. The summed E-state index contributed by atoms with van der Waals surface area (Å²) in [6.07, 6.45) is 3.00. The molecule has 0 radical (unpaired) electrons. The molecule has 0 aromatic rings. The Morgan fingerprint density at radius 2 is 2.14 bits per heavy atom. The molecule has 2 N–H and O–H groups in total. The summed E-state index contributed by atoms with van der Waals surface area (Å²) in [5.74, 6) is 0.329. The van der Waals surface area contributed by atoms with Gasteiger partial charge in [0.2, 0.25) is 0 Å². The van der Waals surface area contributed by atoms with Gasteiger partial charge in [-0.15, -0.1) is 0 Å². The molecule has 0 saturated heterocycles. The van der Waals surface area contributed by atoms with Crippen molar-refractivity contribution in [3.05, 3.63) is 0 Å². The lowest BCUT2D eigenvalue weighted by Crippen LogP contribution is -2.20. The smallest absolute Gasteiger partial charge is 0.152 e. The van der Waals surface area contributed by atoms with Crippen LogP contribution in [0.4, 0.5) is 0 Å². The van der Waals surface area contributed by atoms with E-state index in [2.05, 4.69) is 0 Å². The zero-order chi connectivity index (χ0) is 10.6. The topological polar surface area (TPSA) is 69.4 Å². The van der Waals surface area contributed by atoms with Gasteiger partial charge in [-0.2, -0.15) is 0 Å². The van der Waals surface area contributed by atoms with Crippen LogP contribution in [0.1, 0.15) is 26.2 Å². The number of ether oxygens (including phenoxy) is 1.